The molecule has 0 radical (unpaired) electrons. The minimum Gasteiger partial charge on any atom is -0.346 e. The van der Waals surface area contributed by atoms with Crippen molar-refractivity contribution in [3.05, 3.63) is 39.7 Å². The molecule has 7 nitrogen and oxygen atoms in total. The number of aromatic nitrogens is 4. The largest absolute Gasteiger partial charge is 0.346 e. The highest BCUT2D eigenvalue weighted by atomic mass is 32.1. The summed E-state index contributed by atoms with van der Waals surface area (Å²) in [5, 5.41) is 9.41. The molecule has 1 amide bonds. The van der Waals surface area contributed by atoms with Gasteiger partial charge in [0.1, 0.15) is 11.2 Å². The molecule has 2 N–H and O–H groups in total. The molecule has 6 heterocycles. The number of hydrogen-bond donors (Lipinski definition) is 2. The van der Waals surface area contributed by atoms with Gasteiger partial charge in [-0.2, -0.15) is 5.10 Å². The molecule has 4 aromatic rings. The van der Waals surface area contributed by atoms with Crippen molar-refractivity contribution in [2.75, 3.05) is 19.6 Å². The molecule has 3 fully saturated rings. The van der Waals surface area contributed by atoms with Crippen molar-refractivity contribution in [1.29, 1.82) is 0 Å². The Bertz CT molecular complexity index is 1560. The van der Waals surface area contributed by atoms with Crippen LogP contribution in [0, 0.1) is 26.7 Å². The number of nitrogens with one attached hydrogen (secondary N) is 2. The lowest BCUT2D eigenvalue weighted by Crippen LogP contribution is -2.56. The highest BCUT2D eigenvalue weighted by molar-refractivity contribution is 7.19. The molecule has 2 saturated heterocycles. The van der Waals surface area contributed by atoms with Gasteiger partial charge in [0.2, 0.25) is 5.91 Å². The van der Waals surface area contributed by atoms with Crippen LogP contribution in [0.5, 0.6) is 0 Å². The zero-order valence-electron chi connectivity index (χ0n) is 23.1. The first-order chi connectivity index (χ1) is 18.3. The smallest absolute Gasteiger partial charge is 0.242 e. The molecule has 7 rings (SSSR count). The molecule has 200 valence electrons. The van der Waals surface area contributed by atoms with Crippen LogP contribution in [0.3, 0.4) is 0 Å². The van der Waals surface area contributed by atoms with Gasteiger partial charge in [0.05, 0.1) is 11.2 Å². The van der Waals surface area contributed by atoms with E-state index in [1.807, 2.05) is 15.9 Å². The second kappa shape index (κ2) is 8.65. The van der Waals surface area contributed by atoms with Crippen molar-refractivity contribution >= 4 is 33.1 Å². The average molecular weight is 531 g/mol. The predicted molar refractivity (Wildman–Crippen MR) is 153 cm³/mol. The standard InChI is InChI=1S/C30H38N6OS/c1-16(2)23-24-19(5)26(21-7-10-35(11-8-21)29(37)30-9-6-20(12-30)13-32-30)38-28(24)34-25(23)22-14-36-27(31-15-33-36)18(4)17(22)3/h14-16,20-21,32,34H,6-13H2,1-5H3. The first-order valence-electron chi connectivity index (χ1n) is 14.3. The number of piperidine rings is 2. The Kier molecular flexibility index (Phi) is 5.54. The maximum Gasteiger partial charge on any atom is 0.242 e. The van der Waals surface area contributed by atoms with Crippen molar-refractivity contribution in [3.63, 3.8) is 0 Å². The van der Waals surface area contributed by atoms with Gasteiger partial charge in [-0.1, -0.05) is 13.8 Å². The number of carbonyl (C=O) groups excluding carboxylic acids is 1. The number of fused-ring (bicyclic) bond motifs is 4. The minimum atomic E-state index is -0.249. The molecule has 4 aromatic heterocycles. The summed E-state index contributed by atoms with van der Waals surface area (Å²) in [7, 11) is 0. The summed E-state index contributed by atoms with van der Waals surface area (Å²) in [4.78, 5) is 26.7. The maximum atomic E-state index is 13.4. The quantitative estimate of drug-likeness (QED) is 0.348. The van der Waals surface area contributed by atoms with Crippen molar-refractivity contribution < 1.29 is 4.79 Å². The van der Waals surface area contributed by atoms with Crippen molar-refractivity contribution in [1.82, 2.24) is 29.8 Å². The summed E-state index contributed by atoms with van der Waals surface area (Å²) < 4.78 is 1.90. The van der Waals surface area contributed by atoms with Crippen LogP contribution in [-0.2, 0) is 4.79 Å². The average Bonchev–Trinajstić information content (AvgIpc) is 3.73. The molecule has 3 aliphatic rings. The molecular weight excluding hydrogens is 492 g/mol. The van der Waals surface area contributed by atoms with E-state index in [1.165, 1.54) is 55.0 Å². The lowest BCUT2D eigenvalue weighted by Gasteiger charge is -2.38. The van der Waals surface area contributed by atoms with Crippen molar-refractivity contribution in [3.8, 4) is 11.3 Å². The van der Waals surface area contributed by atoms with E-state index in [2.05, 4.69) is 66.1 Å². The van der Waals surface area contributed by atoms with E-state index >= 15 is 0 Å². The normalized spacial score (nSPS) is 24.1. The van der Waals surface area contributed by atoms with Crippen LogP contribution in [0.4, 0.5) is 0 Å². The second-order valence-corrected chi connectivity index (χ2v) is 13.4. The van der Waals surface area contributed by atoms with Gasteiger partial charge in [-0.25, -0.2) is 9.50 Å². The third-order valence-electron chi connectivity index (χ3n) is 9.84. The third kappa shape index (κ3) is 3.45. The van der Waals surface area contributed by atoms with Crippen LogP contribution in [0.1, 0.15) is 84.9 Å². The van der Waals surface area contributed by atoms with Gasteiger partial charge in [0.25, 0.3) is 0 Å². The second-order valence-electron chi connectivity index (χ2n) is 12.3. The van der Waals surface area contributed by atoms with Crippen LogP contribution < -0.4 is 5.32 Å². The summed E-state index contributed by atoms with van der Waals surface area (Å²) in [6, 6.07) is 0. The molecule has 1 aliphatic carbocycles. The number of rotatable bonds is 4. The molecule has 1 saturated carbocycles. The van der Waals surface area contributed by atoms with E-state index in [4.69, 9.17) is 0 Å². The fourth-order valence-electron chi connectivity index (χ4n) is 7.62. The number of likely N-dealkylation sites (tertiary alicyclic amines) is 1. The Balaban J connectivity index is 1.20. The monoisotopic (exact) mass is 530 g/mol. The zero-order chi connectivity index (χ0) is 26.3. The van der Waals surface area contributed by atoms with Crippen LogP contribution in [0.2, 0.25) is 0 Å². The van der Waals surface area contributed by atoms with E-state index in [0.29, 0.717) is 23.7 Å². The molecule has 0 spiro atoms. The molecule has 2 bridgehead atoms. The number of amides is 1. The highest BCUT2D eigenvalue weighted by Gasteiger charge is 2.51. The van der Waals surface area contributed by atoms with E-state index in [0.717, 1.165) is 51.0 Å². The lowest BCUT2D eigenvalue weighted by molar-refractivity contribution is -0.138. The summed E-state index contributed by atoms with van der Waals surface area (Å²) in [5.74, 6) is 1.99. The van der Waals surface area contributed by atoms with Gasteiger partial charge in [-0.15, -0.1) is 11.3 Å². The van der Waals surface area contributed by atoms with Crippen LogP contribution in [0.25, 0.3) is 27.1 Å². The predicted octanol–water partition coefficient (Wildman–Crippen LogP) is 5.84. The maximum absolute atomic E-state index is 13.4. The minimum absolute atomic E-state index is 0.249. The molecule has 38 heavy (non-hydrogen) atoms. The Hall–Kier alpha value is -2.71. The number of aryl methyl sites for hydroxylation is 2. The van der Waals surface area contributed by atoms with E-state index < -0.39 is 0 Å². The number of aromatic amines is 1. The Morgan fingerprint density at radius 3 is 2.58 bits per heavy atom. The number of pyridine rings is 1. The fourth-order valence-corrected chi connectivity index (χ4v) is 9.02. The van der Waals surface area contributed by atoms with Gasteiger partial charge >= 0.3 is 0 Å². The third-order valence-corrected chi connectivity index (χ3v) is 11.2. The molecule has 2 unspecified atom stereocenters. The van der Waals surface area contributed by atoms with Crippen LogP contribution in [0.15, 0.2) is 12.5 Å². The van der Waals surface area contributed by atoms with E-state index in [9.17, 15) is 4.79 Å². The van der Waals surface area contributed by atoms with Gasteiger partial charge in [0.15, 0.2) is 5.65 Å². The Labute approximate surface area is 228 Å². The number of thiophene rings is 1. The Morgan fingerprint density at radius 2 is 1.92 bits per heavy atom. The van der Waals surface area contributed by atoms with E-state index in [-0.39, 0.29) is 5.54 Å². The van der Waals surface area contributed by atoms with Crippen LogP contribution in [-0.4, -0.2) is 55.6 Å². The first kappa shape index (κ1) is 24.3. The number of nitrogens with zero attached hydrogens (tertiary/aromatic N) is 4. The van der Waals surface area contributed by atoms with Crippen molar-refractivity contribution in [2.45, 2.75) is 84.1 Å². The number of hydrogen-bond acceptors (Lipinski definition) is 5. The summed E-state index contributed by atoms with van der Waals surface area (Å²) in [6.07, 6.45) is 9.15. The number of carbonyl (C=O) groups is 1. The summed E-state index contributed by atoms with van der Waals surface area (Å²) >= 11 is 1.93. The lowest BCUT2D eigenvalue weighted by atomic mass is 9.89. The summed E-state index contributed by atoms with van der Waals surface area (Å²) in [5.41, 5.74) is 8.34. The summed E-state index contributed by atoms with van der Waals surface area (Å²) in [6.45, 7) is 14.0. The molecule has 8 heteroatoms. The first-order valence-corrected chi connectivity index (χ1v) is 15.1. The van der Waals surface area contributed by atoms with E-state index in [1.54, 1.807) is 6.33 Å². The Morgan fingerprint density at radius 1 is 1.13 bits per heavy atom. The zero-order valence-corrected chi connectivity index (χ0v) is 24.0. The molecule has 2 aliphatic heterocycles. The van der Waals surface area contributed by atoms with Gasteiger partial charge < -0.3 is 15.2 Å². The SMILES string of the molecule is Cc1c(-c2[nH]c3sc(C4CCN(C(=O)C56CCC(CN5)C6)CC4)c(C)c3c2C(C)C)cn2ncnc2c1C. The highest BCUT2D eigenvalue weighted by Crippen LogP contribution is 2.47. The van der Waals surface area contributed by atoms with Gasteiger partial charge in [-0.3, -0.25) is 4.79 Å². The van der Waals surface area contributed by atoms with Crippen LogP contribution >= 0.6 is 11.3 Å². The molecule has 0 aromatic carbocycles. The van der Waals surface area contributed by atoms with Crippen molar-refractivity contribution in [2.24, 2.45) is 5.92 Å². The van der Waals surface area contributed by atoms with Gasteiger partial charge in [0, 0.05) is 35.1 Å². The van der Waals surface area contributed by atoms with Gasteiger partial charge in [-0.05, 0) is 99.4 Å². The fraction of sp³-hybridized carbons (Fsp3) is 0.567. The topological polar surface area (TPSA) is 78.3 Å². The number of H-pyrrole nitrogens is 1. The molecular formula is C30H38N6OS. The molecule has 2 atom stereocenters.